The van der Waals surface area contributed by atoms with Crippen LogP contribution in [0.4, 0.5) is 11.4 Å². The van der Waals surface area contributed by atoms with Gasteiger partial charge in [-0.05, 0) is 49.1 Å². The fraction of sp³-hybridized carbons (Fsp3) is 0.280. The molecule has 2 heterocycles. The molecule has 0 unspecified atom stereocenters. The average molecular weight is 478 g/mol. The van der Waals surface area contributed by atoms with Crippen LogP contribution in [0.3, 0.4) is 0 Å². The number of thiazole rings is 1. The van der Waals surface area contributed by atoms with Crippen LogP contribution >= 0.6 is 11.3 Å². The Hall–Kier alpha value is -3.72. The van der Waals surface area contributed by atoms with Crippen LogP contribution in [0.5, 0.6) is 0 Å². The zero-order chi connectivity index (χ0) is 24.4. The van der Waals surface area contributed by atoms with Crippen LogP contribution in [0.25, 0.3) is 16.9 Å². The minimum Gasteiger partial charge on any atom is -0.316 e. The molecule has 0 amide bonds. The molecule has 4 aromatic rings. The van der Waals surface area contributed by atoms with Crippen molar-refractivity contribution in [3.8, 4) is 16.9 Å². The molecule has 176 valence electrons. The number of benzene rings is 2. The molecule has 0 aliphatic heterocycles. The van der Waals surface area contributed by atoms with E-state index in [2.05, 4.69) is 18.4 Å². The van der Waals surface area contributed by atoms with E-state index >= 15 is 0 Å². The number of non-ortho nitro benzene ring substituents is 1. The zero-order valence-electron chi connectivity index (χ0n) is 19.6. The van der Waals surface area contributed by atoms with Gasteiger partial charge in [-0.1, -0.05) is 32.0 Å². The van der Waals surface area contributed by atoms with Gasteiger partial charge in [-0.15, -0.1) is 11.3 Å². The molecule has 0 bridgehead atoms. The smallest absolute Gasteiger partial charge is 0.297 e. The second-order valence-electron chi connectivity index (χ2n) is 8.56. The summed E-state index contributed by atoms with van der Waals surface area (Å²) in [4.78, 5) is 29.6. The van der Waals surface area contributed by atoms with Gasteiger partial charge in [0.1, 0.15) is 0 Å². The molecular weight excluding hydrogens is 450 g/mol. The summed E-state index contributed by atoms with van der Waals surface area (Å²) in [6.07, 6.45) is 0.936. The lowest BCUT2D eigenvalue weighted by Gasteiger charge is -2.11. The highest BCUT2D eigenvalue weighted by molar-refractivity contribution is 7.07. The highest BCUT2D eigenvalue weighted by Crippen LogP contribution is 2.24. The predicted molar refractivity (Wildman–Crippen MR) is 135 cm³/mol. The molecule has 0 atom stereocenters. The van der Waals surface area contributed by atoms with Gasteiger partial charge in [0.15, 0.2) is 10.5 Å². The second-order valence-corrected chi connectivity index (χ2v) is 9.40. The van der Waals surface area contributed by atoms with Gasteiger partial charge in [0, 0.05) is 31.1 Å². The summed E-state index contributed by atoms with van der Waals surface area (Å²) in [6, 6.07) is 16.0. The molecule has 2 aromatic carbocycles. The molecule has 4 rings (SSSR count). The Morgan fingerprint density at radius 3 is 2.38 bits per heavy atom. The van der Waals surface area contributed by atoms with E-state index in [1.165, 1.54) is 23.5 Å². The standard InChI is InChI=1S/C25H27N5O3S/c1-17(2)14-15-28-22(19-10-12-21(13-11-19)30(32)33)16-34-25(28)26-23-18(3)27(4)29(24(23)31)20-8-6-5-7-9-20/h5-13,16-17H,14-15H2,1-4H3. The van der Waals surface area contributed by atoms with E-state index in [-0.39, 0.29) is 11.2 Å². The average Bonchev–Trinajstić information content (AvgIpc) is 3.32. The third kappa shape index (κ3) is 4.51. The number of nitrogens with zero attached hydrogens (tertiary/aromatic N) is 5. The van der Waals surface area contributed by atoms with Gasteiger partial charge in [0.25, 0.3) is 11.2 Å². The van der Waals surface area contributed by atoms with Gasteiger partial charge in [-0.3, -0.25) is 19.6 Å². The van der Waals surface area contributed by atoms with E-state index in [0.717, 1.165) is 40.4 Å². The Balaban J connectivity index is 1.86. The quantitative estimate of drug-likeness (QED) is 0.271. The largest absolute Gasteiger partial charge is 0.316 e. The van der Waals surface area contributed by atoms with Crippen molar-refractivity contribution in [3.63, 3.8) is 0 Å². The molecule has 0 N–H and O–H groups in total. The molecule has 34 heavy (non-hydrogen) atoms. The summed E-state index contributed by atoms with van der Waals surface area (Å²) in [5.74, 6) is 0.485. The summed E-state index contributed by atoms with van der Waals surface area (Å²) < 4.78 is 5.54. The van der Waals surface area contributed by atoms with Gasteiger partial charge in [-0.2, -0.15) is 0 Å². The van der Waals surface area contributed by atoms with Crippen LogP contribution in [0.15, 0.2) is 69.8 Å². The fourth-order valence-electron chi connectivity index (χ4n) is 3.79. The molecular formula is C25H27N5O3S. The van der Waals surface area contributed by atoms with Gasteiger partial charge < -0.3 is 4.57 Å². The SMILES string of the molecule is Cc1c(N=c2scc(-c3ccc([N+](=O)[O-])cc3)n2CCC(C)C)c(=O)n(-c2ccccc2)n1C. The van der Waals surface area contributed by atoms with Crippen LogP contribution in [0, 0.1) is 23.0 Å². The van der Waals surface area contributed by atoms with E-state index in [1.807, 2.05) is 54.4 Å². The summed E-state index contributed by atoms with van der Waals surface area (Å²) in [5, 5.41) is 13.0. The first kappa shape index (κ1) is 23.4. The van der Waals surface area contributed by atoms with Crippen molar-refractivity contribution in [1.29, 1.82) is 0 Å². The van der Waals surface area contributed by atoms with E-state index < -0.39 is 4.92 Å². The molecule has 0 spiro atoms. The normalized spacial score (nSPS) is 12.0. The van der Waals surface area contributed by atoms with Gasteiger partial charge >= 0.3 is 0 Å². The Bertz CT molecular complexity index is 1440. The van der Waals surface area contributed by atoms with Crippen molar-refractivity contribution in [2.24, 2.45) is 18.0 Å². The minimum absolute atomic E-state index is 0.0546. The zero-order valence-corrected chi connectivity index (χ0v) is 20.5. The highest BCUT2D eigenvalue weighted by Gasteiger charge is 2.17. The summed E-state index contributed by atoms with van der Waals surface area (Å²) in [6.45, 7) is 6.94. The third-order valence-electron chi connectivity index (χ3n) is 5.83. The number of aromatic nitrogens is 3. The van der Waals surface area contributed by atoms with Crippen molar-refractivity contribution in [2.45, 2.75) is 33.7 Å². The summed E-state index contributed by atoms with van der Waals surface area (Å²) in [5.41, 5.74) is 3.64. The Kier molecular flexibility index (Phi) is 6.65. The second kappa shape index (κ2) is 9.64. The van der Waals surface area contributed by atoms with Crippen molar-refractivity contribution in [2.75, 3.05) is 0 Å². The first-order chi connectivity index (χ1) is 16.3. The lowest BCUT2D eigenvalue weighted by atomic mass is 10.1. The molecule has 0 aliphatic carbocycles. The van der Waals surface area contributed by atoms with Gasteiger partial charge in [0.2, 0.25) is 0 Å². The lowest BCUT2D eigenvalue weighted by Crippen LogP contribution is -2.20. The van der Waals surface area contributed by atoms with E-state index in [9.17, 15) is 14.9 Å². The van der Waals surface area contributed by atoms with Gasteiger partial charge in [0.05, 0.1) is 22.0 Å². The van der Waals surface area contributed by atoms with Crippen molar-refractivity contribution < 1.29 is 4.92 Å². The maximum atomic E-state index is 13.4. The number of hydrogen-bond donors (Lipinski definition) is 0. The highest BCUT2D eigenvalue weighted by atomic mass is 32.1. The maximum Gasteiger partial charge on any atom is 0.297 e. The third-order valence-corrected chi connectivity index (χ3v) is 6.70. The molecule has 0 radical (unpaired) electrons. The number of para-hydroxylation sites is 1. The van der Waals surface area contributed by atoms with Crippen LogP contribution < -0.4 is 10.4 Å². The fourth-order valence-corrected chi connectivity index (χ4v) is 4.73. The maximum absolute atomic E-state index is 13.4. The monoisotopic (exact) mass is 477 g/mol. The number of nitro groups is 1. The van der Waals surface area contributed by atoms with E-state index in [0.29, 0.717) is 11.6 Å². The van der Waals surface area contributed by atoms with E-state index in [1.54, 1.807) is 16.8 Å². The summed E-state index contributed by atoms with van der Waals surface area (Å²) in [7, 11) is 1.85. The number of nitro benzene ring substituents is 1. The van der Waals surface area contributed by atoms with Crippen molar-refractivity contribution >= 4 is 22.7 Å². The van der Waals surface area contributed by atoms with Crippen LogP contribution in [-0.4, -0.2) is 18.9 Å². The van der Waals surface area contributed by atoms with Gasteiger partial charge in [-0.25, -0.2) is 9.67 Å². The molecule has 0 saturated heterocycles. The number of hydrogen-bond acceptors (Lipinski definition) is 5. The first-order valence-corrected chi connectivity index (χ1v) is 12.0. The molecule has 9 heteroatoms. The Morgan fingerprint density at radius 2 is 1.76 bits per heavy atom. The Morgan fingerprint density at radius 1 is 1.09 bits per heavy atom. The van der Waals surface area contributed by atoms with Crippen LogP contribution in [0.1, 0.15) is 26.0 Å². The summed E-state index contributed by atoms with van der Waals surface area (Å²) >= 11 is 1.46. The van der Waals surface area contributed by atoms with Crippen molar-refractivity contribution in [3.05, 3.63) is 90.9 Å². The molecule has 8 nitrogen and oxygen atoms in total. The topological polar surface area (TPSA) is 87.4 Å². The van der Waals surface area contributed by atoms with Crippen molar-refractivity contribution in [1.82, 2.24) is 13.9 Å². The molecule has 0 fully saturated rings. The predicted octanol–water partition coefficient (Wildman–Crippen LogP) is 5.20. The first-order valence-electron chi connectivity index (χ1n) is 11.1. The lowest BCUT2D eigenvalue weighted by molar-refractivity contribution is -0.384. The van der Waals surface area contributed by atoms with Crippen LogP contribution in [0.2, 0.25) is 0 Å². The van der Waals surface area contributed by atoms with E-state index in [4.69, 9.17) is 4.99 Å². The van der Waals surface area contributed by atoms with Crippen LogP contribution in [-0.2, 0) is 13.6 Å². The Labute approximate surface area is 201 Å². The molecule has 0 aliphatic rings. The molecule has 0 saturated carbocycles. The molecule has 2 aromatic heterocycles. The number of rotatable bonds is 7. The minimum atomic E-state index is -0.402.